The Morgan fingerprint density at radius 3 is 2.90 bits per heavy atom. The van der Waals surface area contributed by atoms with Crippen molar-refractivity contribution in [3.63, 3.8) is 0 Å². The Labute approximate surface area is 194 Å². The molecule has 158 valence electrons. The average molecular weight is 506 g/mol. The van der Waals surface area contributed by atoms with Crippen LogP contribution in [0.1, 0.15) is 31.2 Å². The van der Waals surface area contributed by atoms with Crippen LogP contribution in [-0.4, -0.2) is 35.9 Å². The van der Waals surface area contributed by atoms with Crippen molar-refractivity contribution in [1.82, 2.24) is 4.98 Å². The fourth-order valence-electron chi connectivity index (χ4n) is 3.46. The van der Waals surface area contributed by atoms with Crippen molar-refractivity contribution in [3.05, 3.63) is 52.5 Å². The number of ether oxygens (including phenoxy) is 1. The maximum atomic E-state index is 13.1. The molecule has 4 nitrogen and oxygen atoms in total. The van der Waals surface area contributed by atoms with Crippen LogP contribution in [0, 0.1) is 6.92 Å². The number of fused-ring (bicyclic) bond motifs is 1. The van der Waals surface area contributed by atoms with Crippen molar-refractivity contribution < 1.29 is 9.53 Å². The number of carbonyl (C=O) groups is 1. The fourth-order valence-corrected chi connectivity index (χ4v) is 5.86. The molecule has 1 atom stereocenters. The van der Waals surface area contributed by atoms with E-state index in [-0.39, 0.29) is 12.0 Å². The summed E-state index contributed by atoms with van der Waals surface area (Å²) in [4.78, 5) is 21.0. The molecule has 1 aliphatic rings. The SMILES string of the molecule is Cc1ccc(SCCCC(=O)N(CC2CCCO2)c2nc3ccc(Br)cc3s2)cc1. The van der Waals surface area contributed by atoms with Crippen molar-refractivity contribution in [2.45, 2.75) is 43.6 Å². The minimum Gasteiger partial charge on any atom is -0.376 e. The number of anilines is 1. The largest absolute Gasteiger partial charge is 0.376 e. The van der Waals surface area contributed by atoms with E-state index in [2.05, 4.69) is 53.2 Å². The number of thioether (sulfide) groups is 1. The van der Waals surface area contributed by atoms with Crippen LogP contribution in [0.2, 0.25) is 0 Å². The molecule has 2 aromatic carbocycles. The Morgan fingerprint density at radius 2 is 2.13 bits per heavy atom. The van der Waals surface area contributed by atoms with Crippen molar-refractivity contribution in [2.75, 3.05) is 23.8 Å². The summed E-state index contributed by atoms with van der Waals surface area (Å²) in [5.74, 6) is 1.06. The fraction of sp³-hybridized carbons (Fsp3) is 0.391. The quantitative estimate of drug-likeness (QED) is 0.261. The lowest BCUT2D eigenvalue weighted by molar-refractivity contribution is -0.119. The number of amides is 1. The highest BCUT2D eigenvalue weighted by atomic mass is 79.9. The van der Waals surface area contributed by atoms with Crippen LogP contribution in [0.25, 0.3) is 10.2 Å². The molecule has 0 spiro atoms. The number of thiazole rings is 1. The van der Waals surface area contributed by atoms with Crippen molar-refractivity contribution >= 4 is 60.3 Å². The standard InChI is InChI=1S/C23H25BrN2O2S2/c1-16-6-9-19(10-7-16)29-13-3-5-22(27)26(15-18-4-2-12-28-18)23-25-20-11-8-17(24)14-21(20)30-23/h6-11,14,18H,2-5,12-13,15H2,1H3. The number of nitrogens with zero attached hydrogens (tertiary/aromatic N) is 2. The lowest BCUT2D eigenvalue weighted by atomic mass is 10.2. The van der Waals surface area contributed by atoms with Gasteiger partial charge in [-0.1, -0.05) is 45.0 Å². The predicted molar refractivity (Wildman–Crippen MR) is 130 cm³/mol. The molecule has 2 heterocycles. The summed E-state index contributed by atoms with van der Waals surface area (Å²) in [5, 5.41) is 0.773. The lowest BCUT2D eigenvalue weighted by Gasteiger charge is -2.23. The number of hydrogen-bond donors (Lipinski definition) is 0. The van der Waals surface area contributed by atoms with Crippen LogP contribution < -0.4 is 4.90 Å². The van der Waals surface area contributed by atoms with Crippen LogP contribution >= 0.6 is 39.0 Å². The van der Waals surface area contributed by atoms with Gasteiger partial charge in [0.1, 0.15) is 0 Å². The summed E-state index contributed by atoms with van der Waals surface area (Å²) in [6.07, 6.45) is 3.53. The first-order valence-corrected chi connectivity index (χ1v) is 12.9. The monoisotopic (exact) mass is 504 g/mol. The van der Waals surface area contributed by atoms with Gasteiger partial charge in [0.05, 0.1) is 22.9 Å². The first-order chi connectivity index (χ1) is 14.6. The Kier molecular flexibility index (Phi) is 7.46. The highest BCUT2D eigenvalue weighted by molar-refractivity contribution is 9.10. The van der Waals surface area contributed by atoms with Crippen LogP contribution in [-0.2, 0) is 9.53 Å². The zero-order chi connectivity index (χ0) is 20.9. The molecule has 30 heavy (non-hydrogen) atoms. The maximum Gasteiger partial charge on any atom is 0.228 e. The Morgan fingerprint density at radius 1 is 1.30 bits per heavy atom. The van der Waals surface area contributed by atoms with Crippen LogP contribution in [0.15, 0.2) is 51.8 Å². The van der Waals surface area contributed by atoms with Crippen molar-refractivity contribution in [1.29, 1.82) is 0 Å². The second-order valence-electron chi connectivity index (χ2n) is 7.51. The second-order valence-corrected chi connectivity index (χ2v) is 10.6. The molecule has 0 bridgehead atoms. The summed E-state index contributed by atoms with van der Waals surface area (Å²) in [5.41, 5.74) is 2.19. The Bertz CT molecular complexity index is 1000. The van der Waals surface area contributed by atoms with Crippen LogP contribution in [0.5, 0.6) is 0 Å². The van der Waals surface area contributed by atoms with Gasteiger partial charge in [0.2, 0.25) is 5.91 Å². The van der Waals surface area contributed by atoms with E-state index in [0.29, 0.717) is 13.0 Å². The number of carbonyl (C=O) groups excluding carboxylic acids is 1. The first kappa shape index (κ1) is 21.8. The van der Waals surface area contributed by atoms with Gasteiger partial charge in [-0.05, 0) is 62.3 Å². The van der Waals surface area contributed by atoms with Gasteiger partial charge >= 0.3 is 0 Å². The number of hydrogen-bond acceptors (Lipinski definition) is 5. The molecule has 4 rings (SSSR count). The van der Waals surface area contributed by atoms with Gasteiger partial charge < -0.3 is 4.74 Å². The molecule has 0 N–H and O–H groups in total. The van der Waals surface area contributed by atoms with Crippen molar-refractivity contribution in [3.8, 4) is 0 Å². The summed E-state index contributed by atoms with van der Waals surface area (Å²) < 4.78 is 7.92. The zero-order valence-corrected chi connectivity index (χ0v) is 20.2. The third-order valence-corrected chi connectivity index (χ3v) is 7.74. The van der Waals surface area contributed by atoms with Gasteiger partial charge in [0, 0.05) is 22.4 Å². The molecule has 1 fully saturated rings. The third kappa shape index (κ3) is 5.63. The van der Waals surface area contributed by atoms with Gasteiger partial charge in [0.15, 0.2) is 5.13 Å². The summed E-state index contributed by atoms with van der Waals surface area (Å²) in [6, 6.07) is 14.6. The molecular weight excluding hydrogens is 480 g/mol. The van der Waals surface area contributed by atoms with Gasteiger partial charge in [-0.3, -0.25) is 9.69 Å². The number of aryl methyl sites for hydroxylation is 1. The molecule has 1 amide bonds. The molecule has 0 saturated carbocycles. The zero-order valence-electron chi connectivity index (χ0n) is 17.0. The van der Waals surface area contributed by atoms with E-state index in [0.717, 1.165) is 51.4 Å². The third-order valence-electron chi connectivity index (χ3n) is 5.11. The summed E-state index contributed by atoms with van der Waals surface area (Å²) in [6.45, 7) is 3.47. The van der Waals surface area contributed by atoms with E-state index in [1.807, 2.05) is 17.0 Å². The first-order valence-electron chi connectivity index (χ1n) is 10.3. The van der Waals surface area contributed by atoms with E-state index in [4.69, 9.17) is 9.72 Å². The number of benzene rings is 2. The Hall–Kier alpha value is -1.41. The van der Waals surface area contributed by atoms with Gasteiger partial charge in [0.25, 0.3) is 0 Å². The molecule has 0 radical (unpaired) electrons. The highest BCUT2D eigenvalue weighted by Crippen LogP contribution is 2.32. The minimum atomic E-state index is 0.106. The highest BCUT2D eigenvalue weighted by Gasteiger charge is 2.26. The van der Waals surface area contributed by atoms with Crippen molar-refractivity contribution in [2.24, 2.45) is 0 Å². The lowest BCUT2D eigenvalue weighted by Crippen LogP contribution is -2.37. The average Bonchev–Trinajstić information content (AvgIpc) is 3.39. The second kappa shape index (κ2) is 10.3. The summed E-state index contributed by atoms with van der Waals surface area (Å²) >= 11 is 6.90. The van der Waals surface area contributed by atoms with E-state index < -0.39 is 0 Å². The van der Waals surface area contributed by atoms with Crippen LogP contribution in [0.4, 0.5) is 5.13 Å². The number of aromatic nitrogens is 1. The van der Waals surface area contributed by atoms with E-state index in [1.165, 1.54) is 10.5 Å². The molecule has 1 saturated heterocycles. The van der Waals surface area contributed by atoms with Gasteiger partial charge in [-0.2, -0.15) is 0 Å². The Balaban J connectivity index is 1.41. The maximum absolute atomic E-state index is 13.1. The molecule has 3 aromatic rings. The number of halogens is 1. The molecule has 1 aliphatic heterocycles. The van der Waals surface area contributed by atoms with E-state index in [1.54, 1.807) is 23.1 Å². The molecule has 0 aliphatic carbocycles. The topological polar surface area (TPSA) is 42.4 Å². The predicted octanol–water partition coefficient (Wildman–Crippen LogP) is 6.45. The normalized spacial score (nSPS) is 16.3. The minimum absolute atomic E-state index is 0.106. The van der Waals surface area contributed by atoms with E-state index in [9.17, 15) is 4.79 Å². The molecule has 1 aromatic heterocycles. The van der Waals surface area contributed by atoms with Gasteiger partial charge in [-0.25, -0.2) is 4.98 Å². The molecule has 7 heteroatoms. The van der Waals surface area contributed by atoms with Crippen LogP contribution in [0.3, 0.4) is 0 Å². The summed E-state index contributed by atoms with van der Waals surface area (Å²) in [7, 11) is 0. The number of rotatable bonds is 8. The van der Waals surface area contributed by atoms with E-state index >= 15 is 0 Å². The smallest absolute Gasteiger partial charge is 0.228 e. The molecule has 1 unspecified atom stereocenters. The van der Waals surface area contributed by atoms with Gasteiger partial charge in [-0.15, -0.1) is 11.8 Å². The molecular formula is C23H25BrN2O2S2.